The van der Waals surface area contributed by atoms with E-state index in [9.17, 15) is 9.59 Å². The average molecular weight is 483 g/mol. The minimum Gasteiger partial charge on any atom is -0.497 e. The molecule has 2 aliphatic heterocycles. The maximum Gasteiger partial charge on any atom is 0.313 e. The number of nitrogens with one attached hydrogen (secondary N) is 2. The number of morpholine rings is 1. The molecule has 2 N–H and O–H groups in total. The number of benzene rings is 2. The third-order valence-corrected chi connectivity index (χ3v) is 6.64. The number of amides is 2. The number of hydrogen-bond acceptors (Lipinski definition) is 7. The van der Waals surface area contributed by atoms with Crippen LogP contribution in [0.1, 0.15) is 23.6 Å². The standard InChI is InChI=1S/C26H34N4O5/c1-29-10-4-5-18-15-19(6-8-22(18)29)23(30-11-13-35-14-12-30)17-27-25(31)26(32)28-21-16-20(33-2)7-9-24(21)34-3/h6-9,15-16,23H,4-5,10-14,17H2,1-3H3,(H,27,31)(H,28,32)/t23-/m0/s1. The highest BCUT2D eigenvalue weighted by atomic mass is 16.5. The van der Waals surface area contributed by atoms with Gasteiger partial charge in [0.15, 0.2) is 0 Å². The summed E-state index contributed by atoms with van der Waals surface area (Å²) in [6.45, 7) is 4.20. The van der Waals surface area contributed by atoms with E-state index in [0.717, 1.165) is 38.0 Å². The molecule has 2 amide bonds. The van der Waals surface area contributed by atoms with Crippen LogP contribution in [0.5, 0.6) is 11.5 Å². The Morgan fingerprint density at radius 3 is 2.57 bits per heavy atom. The molecule has 9 heteroatoms. The zero-order chi connectivity index (χ0) is 24.8. The summed E-state index contributed by atoms with van der Waals surface area (Å²) in [5.41, 5.74) is 4.09. The van der Waals surface area contributed by atoms with Crippen molar-refractivity contribution in [2.24, 2.45) is 0 Å². The zero-order valence-corrected chi connectivity index (χ0v) is 20.6. The van der Waals surface area contributed by atoms with E-state index < -0.39 is 11.8 Å². The molecule has 1 atom stereocenters. The van der Waals surface area contributed by atoms with E-state index in [4.69, 9.17) is 14.2 Å². The molecule has 2 aromatic carbocycles. The van der Waals surface area contributed by atoms with Crippen molar-refractivity contribution in [2.75, 3.05) is 70.9 Å². The first-order chi connectivity index (χ1) is 17.0. The van der Waals surface area contributed by atoms with E-state index in [2.05, 4.69) is 45.7 Å². The molecular formula is C26H34N4O5. The molecule has 1 saturated heterocycles. The second-order valence-electron chi connectivity index (χ2n) is 8.81. The molecule has 0 aliphatic carbocycles. The number of fused-ring (bicyclic) bond motifs is 1. The highest BCUT2D eigenvalue weighted by molar-refractivity contribution is 6.39. The van der Waals surface area contributed by atoms with Crippen molar-refractivity contribution in [3.63, 3.8) is 0 Å². The minimum absolute atomic E-state index is 0.0560. The Balaban J connectivity index is 1.47. The highest BCUT2D eigenvalue weighted by Crippen LogP contribution is 2.31. The molecule has 4 rings (SSSR count). The van der Waals surface area contributed by atoms with Crippen molar-refractivity contribution in [1.29, 1.82) is 0 Å². The molecule has 0 spiro atoms. The minimum atomic E-state index is -0.760. The molecule has 0 bridgehead atoms. The Bertz CT molecular complexity index is 1050. The van der Waals surface area contributed by atoms with Gasteiger partial charge in [-0.25, -0.2) is 0 Å². The summed E-state index contributed by atoms with van der Waals surface area (Å²) < 4.78 is 16.0. The maximum absolute atomic E-state index is 12.8. The number of carbonyl (C=O) groups is 2. The average Bonchev–Trinajstić information content (AvgIpc) is 2.89. The third kappa shape index (κ3) is 5.86. The summed E-state index contributed by atoms with van der Waals surface area (Å²) in [6, 6.07) is 11.5. The second-order valence-corrected chi connectivity index (χ2v) is 8.81. The van der Waals surface area contributed by atoms with Crippen LogP contribution in [0, 0.1) is 0 Å². The van der Waals surface area contributed by atoms with E-state index in [0.29, 0.717) is 36.9 Å². The van der Waals surface area contributed by atoms with Gasteiger partial charge >= 0.3 is 11.8 Å². The lowest BCUT2D eigenvalue weighted by Gasteiger charge is -2.36. The summed E-state index contributed by atoms with van der Waals surface area (Å²) in [5.74, 6) is -0.473. The predicted molar refractivity (Wildman–Crippen MR) is 134 cm³/mol. The number of nitrogens with zero attached hydrogens (tertiary/aromatic N) is 2. The van der Waals surface area contributed by atoms with E-state index in [1.165, 1.54) is 25.5 Å². The number of aryl methyl sites for hydroxylation is 1. The Morgan fingerprint density at radius 2 is 1.83 bits per heavy atom. The number of rotatable bonds is 7. The summed E-state index contributed by atoms with van der Waals surface area (Å²) in [7, 11) is 5.15. The Labute approximate surface area is 206 Å². The van der Waals surface area contributed by atoms with E-state index in [1.54, 1.807) is 18.2 Å². The molecule has 2 heterocycles. The number of methoxy groups -OCH3 is 2. The summed E-state index contributed by atoms with van der Waals surface area (Å²) >= 11 is 0. The first kappa shape index (κ1) is 24.8. The SMILES string of the molecule is COc1ccc(OC)c(NC(=O)C(=O)NC[C@@H](c2ccc3c(c2)CCCN3C)N2CCOCC2)c1. The fraction of sp³-hybridized carbons (Fsp3) is 0.462. The molecule has 0 unspecified atom stereocenters. The predicted octanol–water partition coefficient (Wildman–Crippen LogP) is 2.21. The van der Waals surface area contributed by atoms with Gasteiger partial charge in [-0.15, -0.1) is 0 Å². The number of carbonyl (C=O) groups excluding carboxylic acids is 2. The van der Waals surface area contributed by atoms with Crippen LogP contribution in [0.15, 0.2) is 36.4 Å². The normalized spacial score (nSPS) is 16.7. The van der Waals surface area contributed by atoms with E-state index in [-0.39, 0.29) is 6.04 Å². The molecule has 35 heavy (non-hydrogen) atoms. The summed E-state index contributed by atoms with van der Waals surface area (Å²) in [4.78, 5) is 30.0. The molecule has 9 nitrogen and oxygen atoms in total. The lowest BCUT2D eigenvalue weighted by Crippen LogP contribution is -2.45. The van der Waals surface area contributed by atoms with Gasteiger partial charge in [0.25, 0.3) is 0 Å². The molecule has 2 aromatic rings. The van der Waals surface area contributed by atoms with Crippen molar-refractivity contribution in [3.05, 3.63) is 47.5 Å². The number of ether oxygens (including phenoxy) is 3. The maximum atomic E-state index is 12.8. The van der Waals surface area contributed by atoms with Crippen LogP contribution < -0.4 is 25.0 Å². The number of anilines is 2. The molecule has 1 fully saturated rings. The third-order valence-electron chi connectivity index (χ3n) is 6.64. The van der Waals surface area contributed by atoms with Crippen molar-refractivity contribution in [3.8, 4) is 11.5 Å². The summed E-state index contributed by atoms with van der Waals surface area (Å²) in [5, 5.41) is 5.47. The number of hydrogen-bond donors (Lipinski definition) is 2. The van der Waals surface area contributed by atoms with Gasteiger partial charge in [0, 0.05) is 45.0 Å². The van der Waals surface area contributed by atoms with Gasteiger partial charge in [0.2, 0.25) is 0 Å². The van der Waals surface area contributed by atoms with Gasteiger partial charge in [-0.05, 0) is 42.2 Å². The van der Waals surface area contributed by atoms with Crippen molar-refractivity contribution in [2.45, 2.75) is 18.9 Å². The van der Waals surface area contributed by atoms with Crippen LogP contribution in [0.3, 0.4) is 0 Å². The largest absolute Gasteiger partial charge is 0.497 e. The topological polar surface area (TPSA) is 92.4 Å². The van der Waals surface area contributed by atoms with Crippen LogP contribution in [0.4, 0.5) is 11.4 Å². The van der Waals surface area contributed by atoms with Gasteiger partial charge in [-0.2, -0.15) is 0 Å². The second kappa shape index (κ2) is 11.4. The first-order valence-electron chi connectivity index (χ1n) is 12.0. The zero-order valence-electron chi connectivity index (χ0n) is 20.6. The van der Waals surface area contributed by atoms with Crippen LogP contribution in [0.25, 0.3) is 0 Å². The lowest BCUT2D eigenvalue weighted by molar-refractivity contribution is -0.136. The molecule has 0 radical (unpaired) electrons. The molecule has 0 saturated carbocycles. The van der Waals surface area contributed by atoms with Gasteiger partial charge in [-0.1, -0.05) is 12.1 Å². The Kier molecular flexibility index (Phi) is 8.09. The van der Waals surface area contributed by atoms with Gasteiger partial charge in [0.05, 0.1) is 39.2 Å². The first-order valence-corrected chi connectivity index (χ1v) is 12.0. The molecular weight excluding hydrogens is 448 g/mol. The van der Waals surface area contributed by atoms with Gasteiger partial charge in [0.1, 0.15) is 11.5 Å². The van der Waals surface area contributed by atoms with Crippen LogP contribution in [-0.2, 0) is 20.7 Å². The van der Waals surface area contributed by atoms with E-state index in [1.807, 2.05) is 0 Å². The van der Waals surface area contributed by atoms with Crippen LogP contribution in [-0.4, -0.2) is 77.4 Å². The fourth-order valence-corrected chi connectivity index (χ4v) is 4.72. The molecule has 188 valence electrons. The lowest BCUT2D eigenvalue weighted by atomic mass is 9.95. The fourth-order valence-electron chi connectivity index (χ4n) is 4.72. The smallest absolute Gasteiger partial charge is 0.313 e. The van der Waals surface area contributed by atoms with Crippen molar-refractivity contribution in [1.82, 2.24) is 10.2 Å². The van der Waals surface area contributed by atoms with E-state index >= 15 is 0 Å². The Hall–Kier alpha value is -3.30. The Morgan fingerprint density at radius 1 is 1.03 bits per heavy atom. The van der Waals surface area contributed by atoms with Gasteiger partial charge < -0.3 is 29.7 Å². The highest BCUT2D eigenvalue weighted by Gasteiger charge is 2.26. The molecule has 0 aromatic heterocycles. The molecule has 2 aliphatic rings. The summed E-state index contributed by atoms with van der Waals surface area (Å²) in [6.07, 6.45) is 2.17. The van der Waals surface area contributed by atoms with Crippen LogP contribution >= 0.6 is 0 Å². The van der Waals surface area contributed by atoms with Gasteiger partial charge in [-0.3, -0.25) is 14.5 Å². The van der Waals surface area contributed by atoms with Crippen molar-refractivity contribution < 1.29 is 23.8 Å². The van der Waals surface area contributed by atoms with Crippen molar-refractivity contribution >= 4 is 23.2 Å². The monoisotopic (exact) mass is 482 g/mol. The quantitative estimate of drug-likeness (QED) is 0.585. The van der Waals surface area contributed by atoms with Crippen LogP contribution in [0.2, 0.25) is 0 Å².